The Morgan fingerprint density at radius 2 is 2.00 bits per heavy atom. The normalized spacial score (nSPS) is 9.78. The molecule has 0 unspecified atom stereocenters. The lowest BCUT2D eigenvalue weighted by Gasteiger charge is -2.07. The maximum absolute atomic E-state index is 12.0. The SMILES string of the molecule is C=CCc1ccccc1C(=O)Oc1[c]cccc1. The van der Waals surface area contributed by atoms with E-state index in [-0.39, 0.29) is 5.97 Å². The third kappa shape index (κ3) is 2.86. The number of hydrogen-bond acceptors (Lipinski definition) is 2. The summed E-state index contributed by atoms with van der Waals surface area (Å²) in [6.07, 6.45) is 2.41. The number of hydrogen-bond donors (Lipinski definition) is 0. The number of para-hydroxylation sites is 1. The number of carbonyl (C=O) groups is 1. The second-order valence-electron chi connectivity index (χ2n) is 3.77. The van der Waals surface area contributed by atoms with Crippen molar-refractivity contribution < 1.29 is 9.53 Å². The molecule has 1 radical (unpaired) electrons. The minimum absolute atomic E-state index is 0.366. The van der Waals surface area contributed by atoms with Crippen LogP contribution in [0.1, 0.15) is 15.9 Å². The van der Waals surface area contributed by atoms with Gasteiger partial charge in [0.1, 0.15) is 5.75 Å². The fraction of sp³-hybridized carbons (Fsp3) is 0.0625. The second-order valence-corrected chi connectivity index (χ2v) is 3.77. The van der Waals surface area contributed by atoms with E-state index in [0.717, 1.165) is 5.56 Å². The number of rotatable bonds is 4. The van der Waals surface area contributed by atoms with Crippen LogP contribution in [-0.4, -0.2) is 5.97 Å². The van der Waals surface area contributed by atoms with E-state index in [1.807, 2.05) is 24.3 Å². The van der Waals surface area contributed by atoms with Gasteiger partial charge in [-0.3, -0.25) is 0 Å². The summed E-state index contributed by atoms with van der Waals surface area (Å²) < 4.78 is 5.26. The molecule has 2 heteroatoms. The van der Waals surface area contributed by atoms with Crippen molar-refractivity contribution in [1.29, 1.82) is 0 Å². The van der Waals surface area contributed by atoms with Gasteiger partial charge < -0.3 is 4.74 Å². The molecule has 0 bridgehead atoms. The Bertz CT molecular complexity index is 544. The van der Waals surface area contributed by atoms with Gasteiger partial charge in [-0.1, -0.05) is 42.5 Å². The van der Waals surface area contributed by atoms with Crippen LogP contribution in [0.5, 0.6) is 5.75 Å². The fourth-order valence-corrected chi connectivity index (χ4v) is 1.65. The molecule has 0 aliphatic carbocycles. The van der Waals surface area contributed by atoms with Crippen molar-refractivity contribution in [3.63, 3.8) is 0 Å². The van der Waals surface area contributed by atoms with Crippen LogP contribution in [0.2, 0.25) is 0 Å². The molecule has 2 nitrogen and oxygen atoms in total. The van der Waals surface area contributed by atoms with Gasteiger partial charge in [-0.05, 0) is 24.1 Å². The van der Waals surface area contributed by atoms with Gasteiger partial charge in [-0.2, -0.15) is 0 Å². The topological polar surface area (TPSA) is 26.3 Å². The van der Waals surface area contributed by atoms with Crippen molar-refractivity contribution >= 4 is 5.97 Å². The minimum Gasteiger partial charge on any atom is -0.422 e. The summed E-state index contributed by atoms with van der Waals surface area (Å²) in [5.74, 6) is 0.0609. The first-order chi connectivity index (χ1) is 8.81. The van der Waals surface area contributed by atoms with Crippen molar-refractivity contribution in [2.45, 2.75) is 6.42 Å². The molecule has 0 atom stereocenters. The van der Waals surface area contributed by atoms with E-state index in [9.17, 15) is 4.79 Å². The molecule has 2 aromatic carbocycles. The zero-order valence-electron chi connectivity index (χ0n) is 9.93. The third-order valence-electron chi connectivity index (χ3n) is 2.48. The number of carbonyl (C=O) groups excluding carboxylic acids is 1. The van der Waals surface area contributed by atoms with Gasteiger partial charge in [0.2, 0.25) is 0 Å². The smallest absolute Gasteiger partial charge is 0.343 e. The predicted octanol–water partition coefficient (Wildman–Crippen LogP) is 3.43. The summed E-state index contributed by atoms with van der Waals surface area (Å²) in [6, 6.07) is 17.2. The first-order valence-corrected chi connectivity index (χ1v) is 5.69. The molecule has 89 valence electrons. The Morgan fingerprint density at radius 1 is 1.22 bits per heavy atom. The van der Waals surface area contributed by atoms with Gasteiger partial charge in [-0.15, -0.1) is 6.58 Å². The molecule has 0 N–H and O–H groups in total. The Morgan fingerprint density at radius 3 is 2.72 bits per heavy atom. The second kappa shape index (κ2) is 5.82. The Balaban J connectivity index is 2.21. The van der Waals surface area contributed by atoms with Crippen molar-refractivity contribution in [3.8, 4) is 5.75 Å². The molecule has 0 amide bonds. The maximum atomic E-state index is 12.0. The van der Waals surface area contributed by atoms with Crippen LogP contribution in [-0.2, 0) is 6.42 Å². The third-order valence-corrected chi connectivity index (χ3v) is 2.48. The Labute approximate surface area is 107 Å². The van der Waals surface area contributed by atoms with Gasteiger partial charge in [0.15, 0.2) is 0 Å². The molecule has 18 heavy (non-hydrogen) atoms. The highest BCUT2D eigenvalue weighted by Crippen LogP contribution is 2.15. The van der Waals surface area contributed by atoms with Gasteiger partial charge in [-0.25, -0.2) is 4.79 Å². The summed E-state index contributed by atoms with van der Waals surface area (Å²) in [5, 5.41) is 0. The number of esters is 1. The monoisotopic (exact) mass is 237 g/mol. The summed E-state index contributed by atoms with van der Waals surface area (Å²) >= 11 is 0. The zero-order chi connectivity index (χ0) is 12.8. The zero-order valence-corrected chi connectivity index (χ0v) is 9.93. The average molecular weight is 237 g/mol. The van der Waals surface area contributed by atoms with Crippen LogP contribution < -0.4 is 4.74 Å². The highest BCUT2D eigenvalue weighted by molar-refractivity contribution is 5.92. The van der Waals surface area contributed by atoms with E-state index in [1.54, 1.807) is 30.3 Å². The summed E-state index contributed by atoms with van der Waals surface area (Å²) in [5.41, 5.74) is 1.48. The van der Waals surface area contributed by atoms with E-state index in [2.05, 4.69) is 12.6 Å². The van der Waals surface area contributed by atoms with E-state index in [0.29, 0.717) is 17.7 Å². The molecule has 0 aliphatic heterocycles. The van der Waals surface area contributed by atoms with Gasteiger partial charge in [0.25, 0.3) is 0 Å². The van der Waals surface area contributed by atoms with Crippen LogP contribution in [0.25, 0.3) is 0 Å². The lowest BCUT2D eigenvalue weighted by molar-refractivity contribution is 0.0733. The quantitative estimate of drug-likeness (QED) is 0.462. The van der Waals surface area contributed by atoms with Gasteiger partial charge in [0.05, 0.1) is 5.56 Å². The van der Waals surface area contributed by atoms with Crippen molar-refractivity contribution in [2.24, 2.45) is 0 Å². The predicted molar refractivity (Wildman–Crippen MR) is 70.6 cm³/mol. The summed E-state index contributed by atoms with van der Waals surface area (Å²) in [4.78, 5) is 12.0. The maximum Gasteiger partial charge on any atom is 0.343 e. The molecule has 0 fully saturated rings. The molecule has 0 aliphatic rings. The summed E-state index contributed by atoms with van der Waals surface area (Å²) in [6.45, 7) is 3.68. The van der Waals surface area contributed by atoms with Crippen molar-refractivity contribution in [3.05, 3.63) is 78.4 Å². The van der Waals surface area contributed by atoms with Crippen LogP contribution in [0, 0.1) is 6.07 Å². The fourth-order valence-electron chi connectivity index (χ4n) is 1.65. The minimum atomic E-state index is -0.366. The van der Waals surface area contributed by atoms with Crippen molar-refractivity contribution in [1.82, 2.24) is 0 Å². The molecule has 2 aromatic rings. The molecule has 0 aromatic heterocycles. The van der Waals surface area contributed by atoms with E-state index in [1.165, 1.54) is 0 Å². The van der Waals surface area contributed by atoms with Crippen LogP contribution in [0.4, 0.5) is 0 Å². The molecule has 0 saturated heterocycles. The van der Waals surface area contributed by atoms with Crippen LogP contribution in [0.15, 0.2) is 61.2 Å². The first-order valence-electron chi connectivity index (χ1n) is 5.69. The lowest BCUT2D eigenvalue weighted by Crippen LogP contribution is -2.11. The van der Waals surface area contributed by atoms with Crippen LogP contribution >= 0.6 is 0 Å². The molecule has 0 saturated carbocycles. The Kier molecular flexibility index (Phi) is 3.92. The highest BCUT2D eigenvalue weighted by Gasteiger charge is 2.12. The Hall–Kier alpha value is -2.35. The average Bonchev–Trinajstić information content (AvgIpc) is 2.41. The number of ether oxygens (including phenoxy) is 1. The number of benzene rings is 2. The molecule has 0 spiro atoms. The van der Waals surface area contributed by atoms with E-state index in [4.69, 9.17) is 4.74 Å². The van der Waals surface area contributed by atoms with E-state index < -0.39 is 0 Å². The lowest BCUT2D eigenvalue weighted by atomic mass is 10.0. The van der Waals surface area contributed by atoms with Crippen LogP contribution in [0.3, 0.4) is 0 Å². The highest BCUT2D eigenvalue weighted by atomic mass is 16.5. The first kappa shape index (κ1) is 12.1. The number of allylic oxidation sites excluding steroid dienone is 1. The van der Waals surface area contributed by atoms with Gasteiger partial charge in [0, 0.05) is 6.07 Å². The summed E-state index contributed by atoms with van der Waals surface area (Å²) in [7, 11) is 0. The standard InChI is InChI=1S/C16H13O2/c1-2-8-13-9-6-7-12-15(13)16(17)18-14-10-4-3-5-11-14/h2-7,9-10,12H,1,8H2. The largest absolute Gasteiger partial charge is 0.422 e. The molecule has 0 heterocycles. The van der Waals surface area contributed by atoms with Gasteiger partial charge >= 0.3 is 5.97 Å². The molecular weight excluding hydrogens is 224 g/mol. The molecule has 2 rings (SSSR count). The van der Waals surface area contributed by atoms with Crippen molar-refractivity contribution in [2.75, 3.05) is 0 Å². The van der Waals surface area contributed by atoms with E-state index >= 15 is 0 Å². The molecular formula is C16H13O2.